The molecule has 0 amide bonds. The second-order valence-corrected chi connectivity index (χ2v) is 4.29. The van der Waals surface area contributed by atoms with Gasteiger partial charge in [0.2, 0.25) is 0 Å². The predicted octanol–water partition coefficient (Wildman–Crippen LogP) is 3.29. The van der Waals surface area contributed by atoms with Crippen LogP contribution in [0.4, 0.5) is 18.9 Å². The summed E-state index contributed by atoms with van der Waals surface area (Å²) in [5.41, 5.74) is 0.736. The summed E-state index contributed by atoms with van der Waals surface area (Å²) in [5.74, 6) is 0. The Balaban J connectivity index is 3.03. The molecular formula is C13H16F3NO. The van der Waals surface area contributed by atoms with Crippen LogP contribution >= 0.6 is 0 Å². The lowest BCUT2D eigenvalue weighted by Gasteiger charge is -2.19. The maximum atomic E-state index is 12.6. The highest BCUT2D eigenvalue weighted by molar-refractivity contribution is 5.55. The summed E-state index contributed by atoms with van der Waals surface area (Å²) in [4.78, 5) is 12.0. The quantitative estimate of drug-likeness (QED) is 0.597. The predicted molar refractivity (Wildman–Crippen MR) is 64.8 cm³/mol. The molecule has 1 aromatic rings. The highest BCUT2D eigenvalue weighted by Crippen LogP contribution is 2.33. The number of aryl methyl sites for hydroxylation is 1. The Morgan fingerprint density at radius 1 is 1.28 bits per heavy atom. The van der Waals surface area contributed by atoms with Gasteiger partial charge in [0.25, 0.3) is 0 Å². The number of carbonyl (C=O) groups excluding carboxylic acids is 1. The van der Waals surface area contributed by atoms with Crippen molar-refractivity contribution < 1.29 is 18.0 Å². The number of carbonyl (C=O) groups is 1. The highest BCUT2D eigenvalue weighted by Gasteiger charge is 2.31. The second kappa shape index (κ2) is 5.89. The standard InChI is InChI=1S/C13H16F3NO/c1-17(2)12-7-6-11(13(14,15)16)9-10(12)5-3-4-8-18/h6-9H,3-5H2,1-2H3. The van der Waals surface area contributed by atoms with E-state index < -0.39 is 11.7 Å². The topological polar surface area (TPSA) is 20.3 Å². The van der Waals surface area contributed by atoms with Crippen LogP contribution in [0.1, 0.15) is 24.0 Å². The van der Waals surface area contributed by atoms with Gasteiger partial charge in [0.15, 0.2) is 0 Å². The molecule has 0 unspecified atom stereocenters. The van der Waals surface area contributed by atoms with Gasteiger partial charge in [0.05, 0.1) is 5.56 Å². The van der Waals surface area contributed by atoms with Gasteiger partial charge < -0.3 is 9.69 Å². The lowest BCUT2D eigenvalue weighted by atomic mass is 10.0. The zero-order valence-corrected chi connectivity index (χ0v) is 10.4. The molecule has 2 nitrogen and oxygen atoms in total. The van der Waals surface area contributed by atoms with E-state index in [0.29, 0.717) is 24.8 Å². The van der Waals surface area contributed by atoms with Crippen molar-refractivity contribution in [1.29, 1.82) is 0 Å². The first-order chi connectivity index (χ1) is 8.36. The molecule has 0 aliphatic carbocycles. The molecule has 1 aromatic carbocycles. The van der Waals surface area contributed by atoms with Crippen LogP contribution < -0.4 is 4.90 Å². The molecule has 0 spiro atoms. The van der Waals surface area contributed by atoms with E-state index in [-0.39, 0.29) is 0 Å². The van der Waals surface area contributed by atoms with E-state index >= 15 is 0 Å². The summed E-state index contributed by atoms with van der Waals surface area (Å²) in [5, 5.41) is 0. The lowest BCUT2D eigenvalue weighted by molar-refractivity contribution is -0.137. The summed E-state index contributed by atoms with van der Waals surface area (Å²) < 4.78 is 37.9. The zero-order valence-electron chi connectivity index (χ0n) is 10.4. The van der Waals surface area contributed by atoms with Crippen molar-refractivity contribution in [3.05, 3.63) is 29.3 Å². The molecule has 100 valence electrons. The van der Waals surface area contributed by atoms with Crippen LogP contribution in [-0.2, 0) is 17.4 Å². The smallest absolute Gasteiger partial charge is 0.377 e. The Kier molecular flexibility index (Phi) is 4.76. The Morgan fingerprint density at radius 2 is 1.94 bits per heavy atom. The minimum Gasteiger partial charge on any atom is -0.377 e. The number of rotatable bonds is 5. The van der Waals surface area contributed by atoms with Crippen LogP contribution in [0.2, 0.25) is 0 Å². The van der Waals surface area contributed by atoms with Gasteiger partial charge >= 0.3 is 6.18 Å². The maximum absolute atomic E-state index is 12.6. The number of aldehydes is 1. The van der Waals surface area contributed by atoms with E-state index in [2.05, 4.69) is 0 Å². The van der Waals surface area contributed by atoms with Crippen LogP contribution in [-0.4, -0.2) is 20.4 Å². The minimum atomic E-state index is -4.33. The van der Waals surface area contributed by atoms with Crippen LogP contribution in [0.3, 0.4) is 0 Å². The van der Waals surface area contributed by atoms with Crippen molar-refractivity contribution in [2.24, 2.45) is 0 Å². The van der Waals surface area contributed by atoms with Crippen LogP contribution in [0.5, 0.6) is 0 Å². The summed E-state index contributed by atoms with van der Waals surface area (Å²) in [7, 11) is 3.57. The van der Waals surface area contributed by atoms with Gasteiger partial charge in [-0.05, 0) is 36.6 Å². The molecule has 1 rings (SSSR count). The largest absolute Gasteiger partial charge is 0.416 e. The number of hydrogen-bond acceptors (Lipinski definition) is 2. The third-order valence-corrected chi connectivity index (χ3v) is 2.66. The number of hydrogen-bond donors (Lipinski definition) is 0. The van der Waals surface area contributed by atoms with Gasteiger partial charge in [-0.15, -0.1) is 0 Å². The van der Waals surface area contributed by atoms with E-state index in [1.165, 1.54) is 12.1 Å². The summed E-state index contributed by atoms with van der Waals surface area (Å²) in [6.45, 7) is 0. The number of nitrogens with zero attached hydrogens (tertiary/aromatic N) is 1. The molecule has 0 aromatic heterocycles. The number of halogens is 3. The molecule has 0 atom stereocenters. The van der Waals surface area contributed by atoms with Gasteiger partial charge in [-0.2, -0.15) is 13.2 Å². The van der Waals surface area contributed by atoms with Crippen LogP contribution in [0.15, 0.2) is 18.2 Å². The zero-order chi connectivity index (χ0) is 13.8. The molecule has 0 aliphatic heterocycles. The lowest BCUT2D eigenvalue weighted by Crippen LogP contribution is -2.13. The van der Waals surface area contributed by atoms with Crippen molar-refractivity contribution in [1.82, 2.24) is 0 Å². The first-order valence-electron chi connectivity index (χ1n) is 5.67. The SMILES string of the molecule is CN(C)c1ccc(C(F)(F)F)cc1CCCC=O. The van der Waals surface area contributed by atoms with Gasteiger partial charge in [-0.3, -0.25) is 0 Å². The number of unbranched alkanes of at least 4 members (excludes halogenated alkanes) is 1. The van der Waals surface area contributed by atoms with E-state index in [1.807, 2.05) is 0 Å². The van der Waals surface area contributed by atoms with Crippen LogP contribution in [0, 0.1) is 0 Å². The third kappa shape index (κ3) is 3.75. The number of alkyl halides is 3. The molecule has 5 heteroatoms. The first-order valence-corrected chi connectivity index (χ1v) is 5.67. The maximum Gasteiger partial charge on any atom is 0.416 e. The monoisotopic (exact) mass is 259 g/mol. The third-order valence-electron chi connectivity index (χ3n) is 2.66. The summed E-state index contributed by atoms with van der Waals surface area (Å²) in [6.07, 6.45) is -2.15. The molecule has 0 bridgehead atoms. The molecule has 0 N–H and O–H groups in total. The van der Waals surface area contributed by atoms with E-state index in [0.717, 1.165) is 18.0 Å². The molecule has 0 heterocycles. The Labute approximate surface area is 104 Å². The van der Waals surface area contributed by atoms with Gasteiger partial charge in [0.1, 0.15) is 6.29 Å². The first kappa shape index (κ1) is 14.5. The van der Waals surface area contributed by atoms with E-state index in [9.17, 15) is 18.0 Å². The molecule has 0 aliphatic rings. The van der Waals surface area contributed by atoms with Crippen molar-refractivity contribution in [3.8, 4) is 0 Å². The van der Waals surface area contributed by atoms with Crippen molar-refractivity contribution in [2.45, 2.75) is 25.4 Å². The average Bonchev–Trinajstić information content (AvgIpc) is 2.27. The molecule has 0 fully saturated rings. The summed E-state index contributed by atoms with van der Waals surface area (Å²) in [6, 6.07) is 3.72. The molecule has 18 heavy (non-hydrogen) atoms. The fourth-order valence-electron chi connectivity index (χ4n) is 1.77. The fourth-order valence-corrected chi connectivity index (χ4v) is 1.77. The highest BCUT2D eigenvalue weighted by atomic mass is 19.4. The fraction of sp³-hybridized carbons (Fsp3) is 0.462. The Morgan fingerprint density at radius 3 is 2.44 bits per heavy atom. The van der Waals surface area contributed by atoms with Crippen molar-refractivity contribution in [3.63, 3.8) is 0 Å². The Bertz CT molecular complexity index is 413. The molecule has 0 radical (unpaired) electrons. The molecule has 0 saturated heterocycles. The van der Waals surface area contributed by atoms with E-state index in [4.69, 9.17) is 0 Å². The number of anilines is 1. The normalized spacial score (nSPS) is 11.4. The van der Waals surface area contributed by atoms with E-state index in [1.54, 1.807) is 19.0 Å². The number of benzene rings is 1. The van der Waals surface area contributed by atoms with Gasteiger partial charge in [-0.1, -0.05) is 0 Å². The van der Waals surface area contributed by atoms with Gasteiger partial charge in [-0.25, -0.2) is 0 Å². The molecule has 0 saturated carbocycles. The van der Waals surface area contributed by atoms with Crippen molar-refractivity contribution in [2.75, 3.05) is 19.0 Å². The van der Waals surface area contributed by atoms with Crippen molar-refractivity contribution >= 4 is 12.0 Å². The van der Waals surface area contributed by atoms with Crippen LogP contribution in [0.25, 0.3) is 0 Å². The second-order valence-electron chi connectivity index (χ2n) is 4.29. The minimum absolute atomic E-state index is 0.364. The Hall–Kier alpha value is -1.52. The summed E-state index contributed by atoms with van der Waals surface area (Å²) >= 11 is 0. The molecular weight excluding hydrogens is 243 g/mol. The average molecular weight is 259 g/mol. The van der Waals surface area contributed by atoms with Gasteiger partial charge in [0, 0.05) is 26.2 Å².